The lowest BCUT2D eigenvalue weighted by atomic mass is 9.96. The first-order valence-electron chi connectivity index (χ1n) is 8.34. The minimum Gasteiger partial charge on any atom is -0.507 e. The maximum Gasteiger partial charge on any atom is 0.295 e. The lowest BCUT2D eigenvalue weighted by Crippen LogP contribution is -2.33. The van der Waals surface area contributed by atoms with Crippen LogP contribution in [0.25, 0.3) is 5.76 Å². The van der Waals surface area contributed by atoms with Crippen LogP contribution in [-0.2, 0) is 9.59 Å². The van der Waals surface area contributed by atoms with E-state index in [2.05, 4.69) is 4.98 Å². The molecule has 0 aliphatic carbocycles. The monoisotopic (exact) mass is 370 g/mol. The van der Waals surface area contributed by atoms with Crippen molar-refractivity contribution in [3.8, 4) is 0 Å². The predicted molar refractivity (Wildman–Crippen MR) is 99.5 cm³/mol. The van der Waals surface area contributed by atoms with E-state index in [0.29, 0.717) is 22.7 Å². The Morgan fingerprint density at radius 3 is 2.50 bits per heavy atom. The van der Waals surface area contributed by atoms with Crippen LogP contribution >= 0.6 is 11.6 Å². The molecule has 1 amide bonds. The van der Waals surface area contributed by atoms with E-state index >= 15 is 0 Å². The molecule has 1 aromatic heterocycles. The maximum atomic E-state index is 12.7. The molecule has 1 aliphatic heterocycles. The number of amides is 1. The third-order valence-electron chi connectivity index (χ3n) is 4.22. The van der Waals surface area contributed by atoms with Gasteiger partial charge in [-0.2, -0.15) is 0 Å². The highest BCUT2D eigenvalue weighted by molar-refractivity contribution is 6.46. The molecule has 3 rings (SSSR count). The van der Waals surface area contributed by atoms with E-state index in [0.717, 1.165) is 0 Å². The quantitative estimate of drug-likeness (QED) is 0.504. The molecule has 1 atom stereocenters. The second kappa shape index (κ2) is 7.30. The number of carbonyl (C=O) groups is 2. The molecule has 6 heteroatoms. The highest BCUT2D eigenvalue weighted by atomic mass is 35.5. The number of hydrogen-bond acceptors (Lipinski definition) is 4. The molecule has 2 heterocycles. The molecule has 1 unspecified atom stereocenters. The first kappa shape index (κ1) is 18.1. The number of aliphatic hydroxyl groups is 1. The lowest BCUT2D eigenvalue weighted by molar-refractivity contribution is -0.140. The van der Waals surface area contributed by atoms with Crippen molar-refractivity contribution in [2.75, 3.05) is 6.54 Å². The number of halogens is 1. The number of nitrogens with zero attached hydrogens (tertiary/aromatic N) is 2. The van der Waals surface area contributed by atoms with Crippen LogP contribution in [-0.4, -0.2) is 33.2 Å². The number of Topliss-reactive ketones (excluding diaryl/α,β-unsaturated/α-hetero) is 1. The second-order valence-electron chi connectivity index (χ2n) is 6.64. The van der Waals surface area contributed by atoms with Gasteiger partial charge in [0.2, 0.25) is 0 Å². The van der Waals surface area contributed by atoms with Crippen LogP contribution in [0.4, 0.5) is 0 Å². The fraction of sp³-hybridized carbons (Fsp3) is 0.250. The zero-order chi connectivity index (χ0) is 18.8. The molecular formula is C20H19ClN2O3. The summed E-state index contributed by atoms with van der Waals surface area (Å²) in [5.74, 6) is -1.34. The van der Waals surface area contributed by atoms with Gasteiger partial charge in [-0.1, -0.05) is 31.5 Å². The molecule has 0 radical (unpaired) electrons. The van der Waals surface area contributed by atoms with Crippen LogP contribution in [0.3, 0.4) is 0 Å². The molecule has 26 heavy (non-hydrogen) atoms. The summed E-state index contributed by atoms with van der Waals surface area (Å²) in [5, 5.41) is 11.3. The molecule has 134 valence electrons. The molecule has 1 aromatic carbocycles. The number of ketones is 1. The van der Waals surface area contributed by atoms with Gasteiger partial charge < -0.3 is 10.0 Å². The van der Waals surface area contributed by atoms with Crippen molar-refractivity contribution in [1.82, 2.24) is 9.88 Å². The zero-order valence-corrected chi connectivity index (χ0v) is 15.3. The molecule has 2 aromatic rings. The number of aliphatic hydroxyl groups excluding tert-OH is 1. The highest BCUT2D eigenvalue weighted by Gasteiger charge is 2.46. The van der Waals surface area contributed by atoms with Gasteiger partial charge in [0.05, 0.1) is 11.6 Å². The van der Waals surface area contributed by atoms with Crippen LogP contribution in [0.5, 0.6) is 0 Å². The largest absolute Gasteiger partial charge is 0.507 e. The first-order valence-corrected chi connectivity index (χ1v) is 8.72. The summed E-state index contributed by atoms with van der Waals surface area (Å²) in [5.41, 5.74) is 1.19. The Morgan fingerprint density at radius 2 is 1.92 bits per heavy atom. The van der Waals surface area contributed by atoms with Crippen LogP contribution in [0.2, 0.25) is 5.02 Å². The Kier molecular flexibility index (Phi) is 5.09. The third kappa shape index (κ3) is 3.35. The summed E-state index contributed by atoms with van der Waals surface area (Å²) in [4.78, 5) is 30.9. The summed E-state index contributed by atoms with van der Waals surface area (Å²) >= 11 is 5.90. The second-order valence-corrected chi connectivity index (χ2v) is 7.07. The van der Waals surface area contributed by atoms with Crippen molar-refractivity contribution in [2.45, 2.75) is 19.9 Å². The summed E-state index contributed by atoms with van der Waals surface area (Å²) in [6.07, 6.45) is 3.23. The number of rotatable bonds is 4. The number of benzene rings is 1. The summed E-state index contributed by atoms with van der Waals surface area (Å²) in [7, 11) is 0. The maximum absolute atomic E-state index is 12.7. The van der Waals surface area contributed by atoms with Crippen molar-refractivity contribution in [2.24, 2.45) is 5.92 Å². The van der Waals surface area contributed by atoms with E-state index in [-0.39, 0.29) is 17.3 Å². The van der Waals surface area contributed by atoms with Crippen molar-refractivity contribution in [3.63, 3.8) is 0 Å². The van der Waals surface area contributed by atoms with Crippen LogP contribution < -0.4 is 0 Å². The Bertz CT molecular complexity index is 860. The van der Waals surface area contributed by atoms with Gasteiger partial charge in [0.15, 0.2) is 0 Å². The molecule has 1 fully saturated rings. The fourth-order valence-electron chi connectivity index (χ4n) is 3.11. The van der Waals surface area contributed by atoms with Crippen LogP contribution in [0.1, 0.15) is 31.0 Å². The third-order valence-corrected chi connectivity index (χ3v) is 4.47. The number of pyridine rings is 1. The van der Waals surface area contributed by atoms with Gasteiger partial charge in [0.25, 0.3) is 11.7 Å². The van der Waals surface area contributed by atoms with Gasteiger partial charge >= 0.3 is 0 Å². The van der Waals surface area contributed by atoms with E-state index in [1.807, 2.05) is 13.8 Å². The van der Waals surface area contributed by atoms with Gasteiger partial charge in [0, 0.05) is 29.5 Å². The predicted octanol–water partition coefficient (Wildman–Crippen LogP) is 3.81. The lowest BCUT2D eigenvalue weighted by Gasteiger charge is -2.26. The molecule has 1 saturated heterocycles. The average molecular weight is 371 g/mol. The van der Waals surface area contributed by atoms with Crippen molar-refractivity contribution in [3.05, 3.63) is 70.5 Å². The smallest absolute Gasteiger partial charge is 0.295 e. The van der Waals surface area contributed by atoms with Crippen LogP contribution in [0, 0.1) is 5.92 Å². The van der Waals surface area contributed by atoms with Gasteiger partial charge in [-0.05, 0) is 41.8 Å². The molecular weight excluding hydrogens is 352 g/mol. The summed E-state index contributed by atoms with van der Waals surface area (Å²) < 4.78 is 0. The van der Waals surface area contributed by atoms with Crippen LogP contribution in [0.15, 0.2) is 54.4 Å². The average Bonchev–Trinajstić information content (AvgIpc) is 2.87. The number of carbonyl (C=O) groups excluding carboxylic acids is 2. The standard InChI is InChI=1S/C20H19ClN2O3/c1-12(2)11-23-17(14-4-3-9-22-10-14)16(19(25)20(23)26)18(24)13-5-7-15(21)8-6-13/h3-10,12,17,24H,11H2,1-2H3. The Morgan fingerprint density at radius 1 is 1.23 bits per heavy atom. The minimum absolute atomic E-state index is 0.0750. The van der Waals surface area contributed by atoms with Gasteiger partial charge in [-0.25, -0.2) is 0 Å². The number of likely N-dealkylation sites (tertiary alicyclic amines) is 1. The summed E-state index contributed by atoms with van der Waals surface area (Å²) in [6.45, 7) is 4.35. The van der Waals surface area contributed by atoms with E-state index in [1.165, 1.54) is 4.90 Å². The SMILES string of the molecule is CC(C)CN1C(=O)C(=O)C(=C(O)c2ccc(Cl)cc2)C1c1cccnc1. The molecule has 1 aliphatic rings. The Hall–Kier alpha value is -2.66. The minimum atomic E-state index is -0.688. The van der Waals surface area contributed by atoms with E-state index in [4.69, 9.17) is 11.6 Å². The van der Waals surface area contributed by atoms with Crippen molar-refractivity contribution < 1.29 is 14.7 Å². The molecule has 1 N–H and O–H groups in total. The molecule has 0 bridgehead atoms. The summed E-state index contributed by atoms with van der Waals surface area (Å²) in [6, 6.07) is 9.36. The first-order chi connectivity index (χ1) is 12.4. The van der Waals surface area contributed by atoms with Gasteiger partial charge in [0.1, 0.15) is 5.76 Å². The molecule has 5 nitrogen and oxygen atoms in total. The van der Waals surface area contributed by atoms with Gasteiger partial charge in [-0.15, -0.1) is 0 Å². The van der Waals surface area contributed by atoms with E-state index < -0.39 is 17.7 Å². The normalized spacial score (nSPS) is 19.4. The Balaban J connectivity index is 2.17. The Labute approximate surface area is 156 Å². The van der Waals surface area contributed by atoms with Crippen molar-refractivity contribution >= 4 is 29.1 Å². The van der Waals surface area contributed by atoms with E-state index in [9.17, 15) is 14.7 Å². The van der Waals surface area contributed by atoms with Crippen molar-refractivity contribution in [1.29, 1.82) is 0 Å². The zero-order valence-electron chi connectivity index (χ0n) is 14.5. The topological polar surface area (TPSA) is 70.5 Å². The molecule has 0 saturated carbocycles. The molecule has 0 spiro atoms. The number of aromatic nitrogens is 1. The fourth-order valence-corrected chi connectivity index (χ4v) is 3.24. The van der Waals surface area contributed by atoms with Gasteiger partial charge in [-0.3, -0.25) is 14.6 Å². The van der Waals surface area contributed by atoms with E-state index in [1.54, 1.807) is 48.8 Å². The highest BCUT2D eigenvalue weighted by Crippen LogP contribution is 2.39. The number of hydrogen-bond donors (Lipinski definition) is 1.